The van der Waals surface area contributed by atoms with Crippen molar-refractivity contribution in [3.8, 4) is 5.75 Å². The first-order valence-corrected chi connectivity index (χ1v) is 7.34. The summed E-state index contributed by atoms with van der Waals surface area (Å²) in [6, 6.07) is 4.54. The maximum absolute atomic E-state index is 13.7. The molecule has 0 amide bonds. The summed E-state index contributed by atoms with van der Waals surface area (Å²) in [6.45, 7) is 4.21. The number of hydrogen-bond acceptors (Lipinski definition) is 6. The number of benzene rings is 1. The molecule has 21 heavy (non-hydrogen) atoms. The Kier molecular flexibility index (Phi) is 5.10. The average Bonchev–Trinajstić information content (AvgIpc) is 2.91. The molecule has 0 bridgehead atoms. The Balaban J connectivity index is 2.08. The number of nitrogens with one attached hydrogen (secondary N) is 1. The number of esters is 1. The zero-order valence-electron chi connectivity index (χ0n) is 11.7. The van der Waals surface area contributed by atoms with Crippen LogP contribution in [0, 0.1) is 5.82 Å². The van der Waals surface area contributed by atoms with Crippen LogP contribution in [0.4, 0.5) is 15.2 Å². The van der Waals surface area contributed by atoms with Crippen LogP contribution in [0.3, 0.4) is 0 Å². The Labute approximate surface area is 125 Å². The molecule has 0 fully saturated rings. The summed E-state index contributed by atoms with van der Waals surface area (Å²) in [5, 5.41) is 5.01. The molecule has 112 valence electrons. The lowest BCUT2D eigenvalue weighted by molar-refractivity contribution is 0.0520. The molecule has 5 nitrogen and oxygen atoms in total. The summed E-state index contributed by atoms with van der Waals surface area (Å²) in [5.74, 6) is -0.724. The molecule has 0 spiro atoms. The van der Waals surface area contributed by atoms with Crippen molar-refractivity contribution < 1.29 is 18.7 Å². The van der Waals surface area contributed by atoms with Crippen LogP contribution in [0.5, 0.6) is 5.75 Å². The molecule has 1 aromatic heterocycles. The van der Waals surface area contributed by atoms with E-state index < -0.39 is 11.8 Å². The molecule has 7 heteroatoms. The van der Waals surface area contributed by atoms with Crippen LogP contribution in [0.15, 0.2) is 23.6 Å². The van der Waals surface area contributed by atoms with Crippen molar-refractivity contribution in [2.24, 2.45) is 0 Å². The lowest BCUT2D eigenvalue weighted by atomic mass is 10.3. The summed E-state index contributed by atoms with van der Waals surface area (Å²) < 4.78 is 23.7. The molecular weight excluding hydrogens is 295 g/mol. The Hall–Kier alpha value is -2.15. The molecule has 0 radical (unpaired) electrons. The molecule has 0 saturated carbocycles. The zero-order chi connectivity index (χ0) is 15.2. The predicted octanol–water partition coefficient (Wildman–Crippen LogP) is 3.60. The third kappa shape index (κ3) is 3.91. The summed E-state index contributed by atoms with van der Waals surface area (Å²) in [5.41, 5.74) is 0.761. The fourth-order valence-corrected chi connectivity index (χ4v) is 2.30. The molecule has 1 N–H and O–H groups in total. The van der Waals surface area contributed by atoms with Crippen LogP contribution in [0.25, 0.3) is 0 Å². The van der Waals surface area contributed by atoms with E-state index in [4.69, 9.17) is 9.47 Å². The molecule has 1 aromatic carbocycles. The quantitative estimate of drug-likeness (QED) is 0.826. The fourth-order valence-electron chi connectivity index (χ4n) is 1.60. The van der Waals surface area contributed by atoms with E-state index in [1.807, 2.05) is 0 Å². The number of rotatable bonds is 6. The van der Waals surface area contributed by atoms with Gasteiger partial charge in [-0.3, -0.25) is 0 Å². The largest absolute Gasteiger partial charge is 0.491 e. The highest BCUT2D eigenvalue weighted by Crippen LogP contribution is 2.25. The van der Waals surface area contributed by atoms with E-state index in [0.717, 1.165) is 0 Å². The number of thiazole rings is 1. The van der Waals surface area contributed by atoms with Gasteiger partial charge in [-0.2, -0.15) is 0 Å². The van der Waals surface area contributed by atoms with Crippen LogP contribution in [0.1, 0.15) is 24.3 Å². The van der Waals surface area contributed by atoms with Crippen molar-refractivity contribution in [3.63, 3.8) is 0 Å². The van der Waals surface area contributed by atoms with Crippen molar-refractivity contribution in [2.45, 2.75) is 13.8 Å². The van der Waals surface area contributed by atoms with Crippen LogP contribution in [-0.4, -0.2) is 24.2 Å². The molecule has 1 heterocycles. The second-order valence-electron chi connectivity index (χ2n) is 3.96. The molecule has 0 saturated heterocycles. The molecule has 0 aliphatic heterocycles. The maximum Gasteiger partial charge on any atom is 0.357 e. The monoisotopic (exact) mass is 310 g/mol. The topological polar surface area (TPSA) is 60.5 Å². The Morgan fingerprint density at radius 1 is 1.38 bits per heavy atom. The second kappa shape index (κ2) is 7.03. The van der Waals surface area contributed by atoms with Gasteiger partial charge in [0.05, 0.1) is 13.2 Å². The van der Waals surface area contributed by atoms with Crippen molar-refractivity contribution in [3.05, 3.63) is 35.1 Å². The SMILES string of the molecule is CCOC(=O)c1csc(Nc2ccc(OCC)c(F)c2)n1. The maximum atomic E-state index is 13.7. The van der Waals surface area contributed by atoms with Crippen LogP contribution in [0.2, 0.25) is 0 Å². The third-order valence-electron chi connectivity index (χ3n) is 2.47. The van der Waals surface area contributed by atoms with Crippen molar-refractivity contribution in [1.29, 1.82) is 0 Å². The standard InChI is InChI=1S/C14H15FN2O3S/c1-3-19-12-6-5-9(7-10(12)15)16-14-17-11(8-21-14)13(18)20-4-2/h5-8H,3-4H2,1-2H3,(H,16,17). The summed E-state index contributed by atoms with van der Waals surface area (Å²) in [6.07, 6.45) is 0. The first-order valence-electron chi connectivity index (χ1n) is 6.46. The van der Waals surface area contributed by atoms with Gasteiger partial charge in [-0.1, -0.05) is 0 Å². The van der Waals surface area contributed by atoms with Crippen molar-refractivity contribution >= 4 is 28.1 Å². The van der Waals surface area contributed by atoms with Gasteiger partial charge in [0.2, 0.25) is 0 Å². The van der Waals surface area contributed by atoms with E-state index in [0.29, 0.717) is 24.0 Å². The van der Waals surface area contributed by atoms with Gasteiger partial charge >= 0.3 is 5.97 Å². The highest BCUT2D eigenvalue weighted by Gasteiger charge is 2.12. The number of ether oxygens (including phenoxy) is 2. The summed E-state index contributed by atoms with van der Waals surface area (Å²) in [7, 11) is 0. The van der Waals surface area contributed by atoms with Gasteiger partial charge in [0.1, 0.15) is 0 Å². The van der Waals surface area contributed by atoms with E-state index in [2.05, 4.69) is 10.3 Å². The number of carbonyl (C=O) groups excluding carboxylic acids is 1. The molecular formula is C14H15FN2O3S. The highest BCUT2D eigenvalue weighted by molar-refractivity contribution is 7.14. The third-order valence-corrected chi connectivity index (χ3v) is 3.23. The lowest BCUT2D eigenvalue weighted by Gasteiger charge is -2.07. The first kappa shape index (κ1) is 15.2. The smallest absolute Gasteiger partial charge is 0.357 e. The normalized spacial score (nSPS) is 10.2. The summed E-state index contributed by atoms with van der Waals surface area (Å²) in [4.78, 5) is 15.6. The predicted molar refractivity (Wildman–Crippen MR) is 78.9 cm³/mol. The van der Waals surface area contributed by atoms with Gasteiger partial charge in [0.15, 0.2) is 22.4 Å². The van der Waals surface area contributed by atoms with Crippen LogP contribution in [-0.2, 0) is 4.74 Å². The first-order chi connectivity index (χ1) is 10.1. The molecule has 0 unspecified atom stereocenters. The fraction of sp³-hybridized carbons (Fsp3) is 0.286. The minimum Gasteiger partial charge on any atom is -0.491 e. The van der Waals surface area contributed by atoms with Gasteiger partial charge in [-0.25, -0.2) is 14.2 Å². The van der Waals surface area contributed by atoms with E-state index >= 15 is 0 Å². The number of anilines is 2. The van der Waals surface area contributed by atoms with Gasteiger partial charge in [-0.05, 0) is 26.0 Å². The van der Waals surface area contributed by atoms with Gasteiger partial charge < -0.3 is 14.8 Å². The Morgan fingerprint density at radius 2 is 2.19 bits per heavy atom. The minimum absolute atomic E-state index is 0.203. The molecule has 0 atom stereocenters. The van der Waals surface area contributed by atoms with Gasteiger partial charge in [0, 0.05) is 17.1 Å². The highest BCUT2D eigenvalue weighted by atomic mass is 32.1. The molecule has 2 rings (SSSR count). The number of aromatic nitrogens is 1. The lowest BCUT2D eigenvalue weighted by Crippen LogP contribution is -2.05. The van der Waals surface area contributed by atoms with E-state index in [-0.39, 0.29) is 11.4 Å². The molecule has 0 aliphatic rings. The average molecular weight is 310 g/mol. The van der Waals surface area contributed by atoms with E-state index in [1.165, 1.54) is 17.4 Å². The van der Waals surface area contributed by atoms with Gasteiger partial charge in [0.25, 0.3) is 0 Å². The zero-order valence-corrected chi connectivity index (χ0v) is 12.5. The molecule has 2 aromatic rings. The van der Waals surface area contributed by atoms with Crippen LogP contribution < -0.4 is 10.1 Å². The van der Waals surface area contributed by atoms with Crippen molar-refractivity contribution in [2.75, 3.05) is 18.5 Å². The summed E-state index contributed by atoms with van der Waals surface area (Å²) >= 11 is 1.24. The number of carbonyl (C=O) groups is 1. The van der Waals surface area contributed by atoms with Gasteiger partial charge in [-0.15, -0.1) is 11.3 Å². The van der Waals surface area contributed by atoms with Crippen molar-refractivity contribution in [1.82, 2.24) is 4.98 Å². The Morgan fingerprint density at radius 3 is 2.86 bits per heavy atom. The van der Waals surface area contributed by atoms with Crippen LogP contribution >= 0.6 is 11.3 Å². The number of halogens is 1. The van der Waals surface area contributed by atoms with E-state index in [1.54, 1.807) is 31.4 Å². The van der Waals surface area contributed by atoms with E-state index in [9.17, 15) is 9.18 Å². The molecule has 0 aliphatic carbocycles. The number of nitrogens with zero attached hydrogens (tertiary/aromatic N) is 1. The number of hydrogen-bond donors (Lipinski definition) is 1. The Bertz CT molecular complexity index is 630. The second-order valence-corrected chi connectivity index (χ2v) is 4.82. The minimum atomic E-state index is -0.473.